The predicted molar refractivity (Wildman–Crippen MR) is 128 cm³/mol. The molecular formula is C26H27FN4O3. The second-order valence-corrected chi connectivity index (χ2v) is 8.53. The van der Waals surface area contributed by atoms with Crippen LogP contribution in [0.4, 0.5) is 10.1 Å². The molecule has 0 atom stereocenters. The zero-order valence-electron chi connectivity index (χ0n) is 19.0. The number of amides is 2. The van der Waals surface area contributed by atoms with E-state index >= 15 is 0 Å². The van der Waals surface area contributed by atoms with Gasteiger partial charge in [-0.25, -0.2) is 9.07 Å². The molecule has 1 saturated carbocycles. The van der Waals surface area contributed by atoms with Crippen LogP contribution in [0.5, 0.6) is 0 Å². The maximum atomic E-state index is 14.1. The summed E-state index contributed by atoms with van der Waals surface area (Å²) in [7, 11) is 1.82. The van der Waals surface area contributed by atoms with Crippen molar-refractivity contribution in [1.29, 1.82) is 0 Å². The minimum Gasteiger partial charge on any atom is -0.339 e. The molecule has 0 radical (unpaired) electrons. The lowest BCUT2D eigenvalue weighted by Gasteiger charge is -2.31. The van der Waals surface area contributed by atoms with E-state index in [1.165, 1.54) is 24.6 Å². The van der Waals surface area contributed by atoms with Crippen LogP contribution in [0.25, 0.3) is 11.3 Å². The van der Waals surface area contributed by atoms with Gasteiger partial charge in [0, 0.05) is 36.0 Å². The molecule has 1 heterocycles. The third kappa shape index (κ3) is 5.39. The van der Waals surface area contributed by atoms with Gasteiger partial charge in [0.1, 0.15) is 12.4 Å². The highest BCUT2D eigenvalue weighted by atomic mass is 19.1. The minimum atomic E-state index is -0.481. The molecule has 1 aromatic heterocycles. The average Bonchev–Trinajstić information content (AvgIpc) is 2.85. The molecule has 0 saturated heterocycles. The van der Waals surface area contributed by atoms with Crippen molar-refractivity contribution in [3.05, 3.63) is 82.4 Å². The molecule has 8 heteroatoms. The van der Waals surface area contributed by atoms with E-state index in [1.54, 1.807) is 47.4 Å². The number of nitrogens with one attached hydrogen (secondary N) is 1. The van der Waals surface area contributed by atoms with Crippen LogP contribution in [-0.4, -0.2) is 39.6 Å². The Bertz CT molecular complexity index is 1250. The Morgan fingerprint density at radius 3 is 2.59 bits per heavy atom. The first-order chi connectivity index (χ1) is 16.4. The van der Waals surface area contributed by atoms with E-state index < -0.39 is 17.3 Å². The Balaban J connectivity index is 1.46. The van der Waals surface area contributed by atoms with Crippen molar-refractivity contribution >= 4 is 17.5 Å². The summed E-state index contributed by atoms with van der Waals surface area (Å²) in [4.78, 5) is 39.6. The summed E-state index contributed by atoms with van der Waals surface area (Å²) in [5.41, 5.74) is 0.955. The molecular weight excluding hydrogens is 435 g/mol. The normalized spacial score (nSPS) is 13.9. The molecule has 34 heavy (non-hydrogen) atoms. The monoisotopic (exact) mass is 462 g/mol. The quantitative estimate of drug-likeness (QED) is 0.598. The summed E-state index contributed by atoms with van der Waals surface area (Å²) in [5.74, 6) is -1.03. The Hall–Kier alpha value is -3.81. The van der Waals surface area contributed by atoms with Gasteiger partial charge in [0.25, 0.3) is 11.5 Å². The van der Waals surface area contributed by atoms with Crippen molar-refractivity contribution in [2.24, 2.45) is 0 Å². The van der Waals surface area contributed by atoms with Crippen molar-refractivity contribution in [1.82, 2.24) is 14.7 Å². The fraction of sp³-hybridized carbons (Fsp3) is 0.308. The molecule has 3 aromatic rings. The molecule has 0 bridgehead atoms. The van der Waals surface area contributed by atoms with E-state index in [9.17, 15) is 18.8 Å². The lowest BCUT2D eigenvalue weighted by molar-refractivity contribution is -0.117. The fourth-order valence-corrected chi connectivity index (χ4v) is 4.28. The summed E-state index contributed by atoms with van der Waals surface area (Å²) in [5, 5.41) is 6.87. The van der Waals surface area contributed by atoms with Crippen LogP contribution in [0.3, 0.4) is 0 Å². The standard InChI is InChI=1S/C26H27FN4O3/c1-30(20-10-3-2-4-11-20)26(34)18-8-7-9-19(16-18)28-24(32)17-31-25(33)15-14-23(29-31)21-12-5-6-13-22(21)27/h5-9,12-16,20H,2-4,10-11,17H2,1H3,(H,28,32). The zero-order valence-corrected chi connectivity index (χ0v) is 19.0. The molecule has 7 nitrogen and oxygen atoms in total. The summed E-state index contributed by atoms with van der Waals surface area (Å²) < 4.78 is 15.1. The molecule has 2 amide bonds. The highest BCUT2D eigenvalue weighted by Crippen LogP contribution is 2.23. The largest absolute Gasteiger partial charge is 0.339 e. The van der Waals surface area contributed by atoms with E-state index in [2.05, 4.69) is 10.4 Å². The second kappa shape index (κ2) is 10.4. The van der Waals surface area contributed by atoms with Crippen molar-refractivity contribution < 1.29 is 14.0 Å². The van der Waals surface area contributed by atoms with Crippen molar-refractivity contribution in [3.63, 3.8) is 0 Å². The number of halogens is 1. The molecule has 1 aliphatic carbocycles. The highest BCUT2D eigenvalue weighted by Gasteiger charge is 2.23. The number of nitrogens with zero attached hydrogens (tertiary/aromatic N) is 3. The number of aromatic nitrogens is 2. The number of hydrogen-bond donors (Lipinski definition) is 1. The maximum absolute atomic E-state index is 14.1. The van der Waals surface area contributed by atoms with Gasteiger partial charge in [-0.05, 0) is 49.2 Å². The first kappa shape index (κ1) is 23.4. The number of hydrogen-bond acceptors (Lipinski definition) is 4. The number of carbonyl (C=O) groups excluding carboxylic acids is 2. The minimum absolute atomic E-state index is 0.0847. The average molecular weight is 463 g/mol. The number of benzene rings is 2. The Morgan fingerprint density at radius 2 is 1.82 bits per heavy atom. The van der Waals surface area contributed by atoms with E-state index in [0.717, 1.165) is 30.4 Å². The molecule has 176 valence electrons. The van der Waals surface area contributed by atoms with Crippen LogP contribution in [0.2, 0.25) is 0 Å². The molecule has 0 spiro atoms. The lowest BCUT2D eigenvalue weighted by atomic mass is 9.94. The molecule has 1 N–H and O–H groups in total. The van der Waals surface area contributed by atoms with Crippen molar-refractivity contribution in [2.45, 2.75) is 44.7 Å². The summed E-state index contributed by atoms with van der Waals surface area (Å²) >= 11 is 0. The first-order valence-electron chi connectivity index (χ1n) is 11.4. The fourth-order valence-electron chi connectivity index (χ4n) is 4.28. The Morgan fingerprint density at radius 1 is 1.06 bits per heavy atom. The van der Waals surface area contributed by atoms with Gasteiger partial charge in [0.2, 0.25) is 5.91 Å². The lowest BCUT2D eigenvalue weighted by Crippen LogP contribution is -2.38. The van der Waals surface area contributed by atoms with E-state index in [4.69, 9.17) is 0 Å². The van der Waals surface area contributed by atoms with Gasteiger partial charge in [-0.3, -0.25) is 14.4 Å². The van der Waals surface area contributed by atoms with Crippen LogP contribution in [-0.2, 0) is 11.3 Å². The van der Waals surface area contributed by atoms with Gasteiger partial charge >= 0.3 is 0 Å². The van der Waals surface area contributed by atoms with E-state index in [-0.39, 0.29) is 29.8 Å². The Kier molecular flexibility index (Phi) is 7.15. The number of anilines is 1. The Labute approximate surface area is 197 Å². The molecule has 4 rings (SSSR count). The smallest absolute Gasteiger partial charge is 0.267 e. The second-order valence-electron chi connectivity index (χ2n) is 8.53. The van der Waals surface area contributed by atoms with Crippen LogP contribution >= 0.6 is 0 Å². The maximum Gasteiger partial charge on any atom is 0.267 e. The molecule has 0 unspecified atom stereocenters. The predicted octanol–water partition coefficient (Wildman–Crippen LogP) is 4.09. The summed E-state index contributed by atoms with van der Waals surface area (Å²) in [6.45, 7) is -0.346. The number of carbonyl (C=O) groups is 2. The summed E-state index contributed by atoms with van der Waals surface area (Å²) in [6.07, 6.45) is 5.48. The van der Waals surface area contributed by atoms with Crippen LogP contribution in [0, 0.1) is 5.82 Å². The highest BCUT2D eigenvalue weighted by molar-refractivity contribution is 5.97. The third-order valence-corrected chi connectivity index (χ3v) is 6.15. The van der Waals surface area contributed by atoms with Crippen molar-refractivity contribution in [2.75, 3.05) is 12.4 Å². The summed E-state index contributed by atoms with van der Waals surface area (Å²) in [6, 6.07) is 15.7. The first-order valence-corrected chi connectivity index (χ1v) is 11.4. The third-order valence-electron chi connectivity index (χ3n) is 6.15. The van der Waals surface area contributed by atoms with Crippen LogP contribution in [0.15, 0.2) is 65.5 Å². The van der Waals surface area contributed by atoms with Crippen LogP contribution in [0.1, 0.15) is 42.5 Å². The number of rotatable bonds is 6. The van der Waals surface area contributed by atoms with E-state index in [1.807, 2.05) is 7.05 Å². The molecule has 1 fully saturated rings. The van der Waals surface area contributed by atoms with Crippen molar-refractivity contribution in [3.8, 4) is 11.3 Å². The van der Waals surface area contributed by atoms with Gasteiger partial charge < -0.3 is 10.2 Å². The van der Waals surface area contributed by atoms with Gasteiger partial charge in [0.05, 0.1) is 5.69 Å². The van der Waals surface area contributed by atoms with Gasteiger partial charge in [-0.2, -0.15) is 5.10 Å². The zero-order chi connectivity index (χ0) is 24.1. The van der Waals surface area contributed by atoms with Crippen LogP contribution < -0.4 is 10.9 Å². The topological polar surface area (TPSA) is 84.3 Å². The molecule has 2 aromatic carbocycles. The molecule has 1 aliphatic rings. The molecule has 0 aliphatic heterocycles. The van der Waals surface area contributed by atoms with E-state index in [0.29, 0.717) is 11.3 Å². The van der Waals surface area contributed by atoms with Gasteiger partial charge in [-0.15, -0.1) is 0 Å². The van der Waals surface area contributed by atoms with Gasteiger partial charge in [0.15, 0.2) is 0 Å². The van der Waals surface area contributed by atoms with Gasteiger partial charge in [-0.1, -0.05) is 37.5 Å². The SMILES string of the molecule is CN(C(=O)c1cccc(NC(=O)Cn2nc(-c3ccccc3F)ccc2=O)c1)C1CCCCC1.